The molecule has 2 unspecified atom stereocenters. The van der Waals surface area contributed by atoms with E-state index in [4.69, 9.17) is 4.74 Å². The molecule has 2 heterocycles. The summed E-state index contributed by atoms with van der Waals surface area (Å²) in [7, 11) is 1.51. The van der Waals surface area contributed by atoms with Gasteiger partial charge in [-0.3, -0.25) is 24.1 Å². The number of piperidine rings is 1. The number of likely N-dealkylation sites (tertiary alicyclic amines) is 1. The number of Topliss-reactive ketones (excluding diaryl/α,β-unsaturated/α-hetero) is 2. The Bertz CT molecular complexity index is 809. The van der Waals surface area contributed by atoms with Crippen molar-refractivity contribution in [2.45, 2.75) is 51.2 Å². The van der Waals surface area contributed by atoms with E-state index in [0.29, 0.717) is 24.3 Å². The standard InChI is InChI=1S/C21H26N2O5S/c1-13-6-8-17(28-2)14(11-13)15(24)7-9-19(26)22-18-5-3-4-10-23(18)20-16(25)12-29-21(20)27/h6,8,11,18,20H,3-5,7,9-10,12H2,1-2H3,(H,22,26). The molecule has 1 aromatic rings. The van der Waals surface area contributed by atoms with Crippen LogP contribution in [0.3, 0.4) is 0 Å². The van der Waals surface area contributed by atoms with Gasteiger partial charge in [0, 0.05) is 19.4 Å². The van der Waals surface area contributed by atoms with Crippen LogP contribution in [0.4, 0.5) is 0 Å². The van der Waals surface area contributed by atoms with Gasteiger partial charge < -0.3 is 10.1 Å². The number of benzene rings is 1. The van der Waals surface area contributed by atoms with Crippen molar-refractivity contribution in [2.24, 2.45) is 0 Å². The monoisotopic (exact) mass is 418 g/mol. The molecule has 156 valence electrons. The number of thioether (sulfide) groups is 1. The van der Waals surface area contributed by atoms with Gasteiger partial charge in [0.15, 0.2) is 11.6 Å². The van der Waals surface area contributed by atoms with E-state index in [1.807, 2.05) is 17.9 Å². The van der Waals surface area contributed by atoms with Gasteiger partial charge in [-0.25, -0.2) is 0 Å². The van der Waals surface area contributed by atoms with Crippen molar-refractivity contribution < 1.29 is 23.9 Å². The summed E-state index contributed by atoms with van der Waals surface area (Å²) in [4.78, 5) is 51.1. The van der Waals surface area contributed by atoms with Crippen molar-refractivity contribution in [3.8, 4) is 5.75 Å². The third-order valence-corrected chi connectivity index (χ3v) is 6.26. The minimum Gasteiger partial charge on any atom is -0.496 e. The van der Waals surface area contributed by atoms with Gasteiger partial charge in [-0.05, 0) is 38.3 Å². The number of nitrogens with one attached hydrogen (secondary N) is 1. The Hall–Kier alpha value is -2.19. The topological polar surface area (TPSA) is 92.8 Å². The van der Waals surface area contributed by atoms with Crippen molar-refractivity contribution in [3.05, 3.63) is 29.3 Å². The van der Waals surface area contributed by atoms with E-state index in [-0.39, 0.29) is 47.3 Å². The maximum absolute atomic E-state index is 12.6. The molecule has 1 amide bonds. The molecule has 2 aliphatic heterocycles. The molecule has 0 spiro atoms. The number of carbonyl (C=O) groups excluding carboxylic acids is 4. The summed E-state index contributed by atoms with van der Waals surface area (Å²) in [5.41, 5.74) is 1.42. The van der Waals surface area contributed by atoms with Crippen LogP contribution >= 0.6 is 11.8 Å². The molecule has 2 aliphatic rings. The molecule has 3 rings (SSSR count). The lowest BCUT2D eigenvalue weighted by molar-refractivity contribution is -0.133. The fraction of sp³-hybridized carbons (Fsp3) is 0.524. The summed E-state index contributed by atoms with van der Waals surface area (Å²) < 4.78 is 5.25. The minimum atomic E-state index is -0.760. The number of ketones is 2. The fourth-order valence-corrected chi connectivity index (χ4v) is 4.70. The molecule has 2 fully saturated rings. The van der Waals surface area contributed by atoms with Gasteiger partial charge >= 0.3 is 0 Å². The zero-order valence-electron chi connectivity index (χ0n) is 16.7. The first-order chi connectivity index (χ1) is 13.9. The summed E-state index contributed by atoms with van der Waals surface area (Å²) in [6, 6.07) is 4.61. The highest BCUT2D eigenvalue weighted by atomic mass is 32.2. The average molecular weight is 419 g/mol. The summed E-state index contributed by atoms with van der Waals surface area (Å²) in [6.45, 7) is 2.50. The predicted molar refractivity (Wildman–Crippen MR) is 110 cm³/mol. The molecule has 7 nitrogen and oxygen atoms in total. The fourth-order valence-electron chi connectivity index (χ4n) is 3.83. The van der Waals surface area contributed by atoms with Crippen LogP contribution in [0.25, 0.3) is 0 Å². The minimum absolute atomic E-state index is 0.0432. The smallest absolute Gasteiger partial charge is 0.221 e. The molecular weight excluding hydrogens is 392 g/mol. The Morgan fingerprint density at radius 3 is 2.72 bits per heavy atom. The van der Waals surface area contributed by atoms with Gasteiger partial charge in [-0.1, -0.05) is 23.4 Å². The Labute approximate surface area is 174 Å². The van der Waals surface area contributed by atoms with Crippen LogP contribution in [0.2, 0.25) is 0 Å². The quantitative estimate of drug-likeness (QED) is 0.535. The van der Waals surface area contributed by atoms with Crippen LogP contribution in [0.15, 0.2) is 18.2 Å². The van der Waals surface area contributed by atoms with Crippen molar-refractivity contribution in [1.82, 2.24) is 10.2 Å². The van der Waals surface area contributed by atoms with Crippen molar-refractivity contribution >= 4 is 34.4 Å². The highest BCUT2D eigenvalue weighted by Gasteiger charge is 2.42. The van der Waals surface area contributed by atoms with Crippen LogP contribution in [0.1, 0.15) is 48.0 Å². The molecule has 29 heavy (non-hydrogen) atoms. The van der Waals surface area contributed by atoms with Crippen molar-refractivity contribution in [1.29, 1.82) is 0 Å². The third kappa shape index (κ3) is 5.05. The van der Waals surface area contributed by atoms with Crippen LogP contribution in [-0.2, 0) is 14.4 Å². The predicted octanol–water partition coefficient (Wildman–Crippen LogP) is 2.11. The molecule has 0 radical (unpaired) electrons. The second kappa shape index (κ2) is 9.54. The zero-order chi connectivity index (χ0) is 21.0. The molecule has 0 saturated carbocycles. The van der Waals surface area contributed by atoms with Crippen LogP contribution in [0, 0.1) is 6.92 Å². The largest absolute Gasteiger partial charge is 0.496 e. The number of ether oxygens (including phenoxy) is 1. The van der Waals surface area contributed by atoms with Crippen molar-refractivity contribution in [2.75, 3.05) is 19.4 Å². The first-order valence-electron chi connectivity index (χ1n) is 9.83. The third-order valence-electron chi connectivity index (χ3n) is 5.32. The number of nitrogens with zero attached hydrogens (tertiary/aromatic N) is 1. The lowest BCUT2D eigenvalue weighted by Crippen LogP contribution is -2.57. The molecule has 8 heteroatoms. The number of hydrogen-bond donors (Lipinski definition) is 1. The molecule has 0 aromatic heterocycles. The molecule has 1 N–H and O–H groups in total. The van der Waals surface area contributed by atoms with E-state index in [2.05, 4.69) is 5.32 Å². The number of amides is 1. The molecular formula is C21H26N2O5S. The van der Waals surface area contributed by atoms with E-state index in [1.165, 1.54) is 7.11 Å². The summed E-state index contributed by atoms with van der Waals surface area (Å²) >= 11 is 1.05. The normalized spacial score (nSPS) is 22.6. The Morgan fingerprint density at radius 1 is 1.24 bits per heavy atom. The number of carbonyl (C=O) groups is 4. The molecule has 2 atom stereocenters. The van der Waals surface area contributed by atoms with E-state index in [0.717, 1.165) is 30.2 Å². The van der Waals surface area contributed by atoms with E-state index in [9.17, 15) is 19.2 Å². The Balaban J connectivity index is 1.59. The number of hydrogen-bond acceptors (Lipinski definition) is 7. The zero-order valence-corrected chi connectivity index (χ0v) is 17.5. The molecule has 0 bridgehead atoms. The van der Waals surface area contributed by atoms with E-state index >= 15 is 0 Å². The van der Waals surface area contributed by atoms with E-state index in [1.54, 1.807) is 12.1 Å². The summed E-state index contributed by atoms with van der Waals surface area (Å²) in [5.74, 6) is 0.192. The van der Waals surface area contributed by atoms with Gasteiger partial charge in [0.05, 0.1) is 24.6 Å². The maximum Gasteiger partial charge on any atom is 0.221 e. The SMILES string of the molecule is COc1ccc(C)cc1C(=O)CCC(=O)NC1CCCCN1C1C(=O)CSC1=O. The van der Waals surface area contributed by atoms with Gasteiger partial charge in [-0.2, -0.15) is 0 Å². The van der Waals surface area contributed by atoms with Gasteiger partial charge in [0.1, 0.15) is 11.8 Å². The van der Waals surface area contributed by atoms with Crippen LogP contribution in [-0.4, -0.2) is 59.1 Å². The lowest BCUT2D eigenvalue weighted by Gasteiger charge is -2.38. The van der Waals surface area contributed by atoms with Crippen molar-refractivity contribution in [3.63, 3.8) is 0 Å². The van der Waals surface area contributed by atoms with Gasteiger partial charge in [-0.15, -0.1) is 0 Å². The first-order valence-corrected chi connectivity index (χ1v) is 10.8. The summed E-state index contributed by atoms with van der Waals surface area (Å²) in [5, 5.41) is 2.78. The van der Waals surface area contributed by atoms with Crippen LogP contribution in [0.5, 0.6) is 5.75 Å². The number of aryl methyl sites for hydroxylation is 1. The molecule has 0 aliphatic carbocycles. The molecule has 2 saturated heterocycles. The lowest BCUT2D eigenvalue weighted by atomic mass is 10.0. The van der Waals surface area contributed by atoms with E-state index < -0.39 is 6.04 Å². The summed E-state index contributed by atoms with van der Waals surface area (Å²) in [6.07, 6.45) is 2.25. The Kier molecular flexibility index (Phi) is 7.08. The maximum atomic E-state index is 12.6. The molecule has 1 aromatic carbocycles. The highest BCUT2D eigenvalue weighted by Crippen LogP contribution is 2.27. The van der Waals surface area contributed by atoms with Gasteiger partial charge in [0.25, 0.3) is 0 Å². The number of rotatable bonds is 7. The highest BCUT2D eigenvalue weighted by molar-refractivity contribution is 8.15. The average Bonchev–Trinajstić information content (AvgIpc) is 3.04. The van der Waals surface area contributed by atoms with Crippen LogP contribution < -0.4 is 10.1 Å². The van der Waals surface area contributed by atoms with Gasteiger partial charge in [0.2, 0.25) is 11.0 Å². The second-order valence-corrected chi connectivity index (χ2v) is 8.40. The Morgan fingerprint density at radius 2 is 2.03 bits per heavy atom. The first kappa shape index (κ1) is 21.5. The second-order valence-electron chi connectivity index (χ2n) is 7.42. The number of methoxy groups -OCH3 is 1.